The van der Waals surface area contributed by atoms with Gasteiger partial charge in [0.25, 0.3) is 0 Å². The van der Waals surface area contributed by atoms with Crippen molar-refractivity contribution in [3.05, 3.63) is 106 Å². The fraction of sp³-hybridized carbons (Fsp3) is 0.259. The molecule has 1 aliphatic rings. The van der Waals surface area contributed by atoms with Gasteiger partial charge < -0.3 is 5.32 Å². The van der Waals surface area contributed by atoms with Crippen LogP contribution < -0.4 is 5.32 Å². The Bertz CT molecular complexity index is 1100. The van der Waals surface area contributed by atoms with Crippen molar-refractivity contribution >= 4 is 17.2 Å². The highest BCUT2D eigenvalue weighted by atomic mass is 35.5. The highest BCUT2D eigenvalue weighted by molar-refractivity contribution is 6.30. The number of hydrogen-bond acceptors (Lipinski definition) is 3. The number of aromatic nitrogens is 1. The van der Waals surface area contributed by atoms with Crippen LogP contribution in [-0.4, -0.2) is 11.0 Å². The monoisotopic (exact) mass is 427 g/mol. The number of benzene rings is 2. The minimum atomic E-state index is 0.333. The van der Waals surface area contributed by atoms with Crippen molar-refractivity contribution in [2.24, 2.45) is 0 Å². The Balaban J connectivity index is 1.47. The zero-order valence-electron chi connectivity index (χ0n) is 17.5. The van der Waals surface area contributed by atoms with Gasteiger partial charge in [0.15, 0.2) is 0 Å². The maximum atomic E-state index is 9.00. The number of nitrogens with zero attached hydrogens (tertiary/aromatic N) is 2. The van der Waals surface area contributed by atoms with E-state index in [1.807, 2.05) is 48.8 Å². The van der Waals surface area contributed by atoms with E-state index in [9.17, 15) is 0 Å². The first-order valence-electron chi connectivity index (χ1n) is 10.8. The number of hydrogen-bond donors (Lipinski definition) is 1. The Morgan fingerprint density at radius 3 is 2.74 bits per heavy atom. The Morgan fingerprint density at radius 2 is 1.94 bits per heavy atom. The van der Waals surface area contributed by atoms with Gasteiger partial charge in [0.2, 0.25) is 0 Å². The van der Waals surface area contributed by atoms with Gasteiger partial charge in [-0.1, -0.05) is 48.4 Å². The fourth-order valence-electron chi connectivity index (χ4n) is 4.12. The third-order valence-electron chi connectivity index (χ3n) is 5.85. The second kappa shape index (κ2) is 10.4. The summed E-state index contributed by atoms with van der Waals surface area (Å²) in [6, 6.07) is 20.6. The normalized spacial score (nSPS) is 16.3. The number of rotatable bonds is 6. The zero-order chi connectivity index (χ0) is 21.5. The number of halogens is 1. The van der Waals surface area contributed by atoms with Gasteiger partial charge in [-0.25, -0.2) is 0 Å². The van der Waals surface area contributed by atoms with Crippen LogP contribution in [-0.2, 0) is 13.0 Å². The summed E-state index contributed by atoms with van der Waals surface area (Å²) in [4.78, 5) is 4.36. The van der Waals surface area contributed by atoms with Crippen molar-refractivity contribution in [3.8, 4) is 6.07 Å². The molecule has 0 radical (unpaired) electrons. The summed E-state index contributed by atoms with van der Waals surface area (Å²) < 4.78 is 0. The molecule has 1 aromatic heterocycles. The molecule has 3 nitrogen and oxygen atoms in total. The number of nitrogens with one attached hydrogen (secondary N) is 1. The maximum Gasteiger partial charge on any atom is 0.0991 e. The molecule has 0 bridgehead atoms. The van der Waals surface area contributed by atoms with Gasteiger partial charge in [-0.15, -0.1) is 0 Å². The van der Waals surface area contributed by atoms with E-state index in [4.69, 9.17) is 16.9 Å². The van der Waals surface area contributed by atoms with E-state index in [0.717, 1.165) is 30.8 Å². The fourth-order valence-corrected chi connectivity index (χ4v) is 4.31. The van der Waals surface area contributed by atoms with E-state index in [2.05, 4.69) is 40.6 Å². The van der Waals surface area contributed by atoms with Crippen LogP contribution in [0.25, 0.3) is 5.57 Å². The number of pyridine rings is 1. The summed E-state index contributed by atoms with van der Waals surface area (Å²) in [5.74, 6) is 0. The molecule has 1 atom stereocenters. The van der Waals surface area contributed by atoms with E-state index in [1.54, 1.807) is 0 Å². The smallest absolute Gasteiger partial charge is 0.0991 e. The van der Waals surface area contributed by atoms with Crippen LogP contribution >= 0.6 is 11.6 Å². The molecule has 1 N–H and O–H groups in total. The van der Waals surface area contributed by atoms with Crippen LogP contribution in [0.2, 0.25) is 5.02 Å². The van der Waals surface area contributed by atoms with Crippen molar-refractivity contribution in [1.29, 1.82) is 5.26 Å². The first-order chi connectivity index (χ1) is 15.2. The van der Waals surface area contributed by atoms with Gasteiger partial charge in [-0.2, -0.15) is 5.26 Å². The molecular weight excluding hydrogens is 402 g/mol. The predicted octanol–water partition coefficient (Wildman–Crippen LogP) is 6.31. The molecule has 156 valence electrons. The van der Waals surface area contributed by atoms with Gasteiger partial charge in [0.05, 0.1) is 11.6 Å². The SMILES string of the molecule is N#Cc1ccc(Cc2ccncc2CNC2C=C(c3cccc(Cl)c3)CCCC2)cc1. The molecule has 0 amide bonds. The van der Waals surface area contributed by atoms with Crippen LogP contribution in [0.4, 0.5) is 0 Å². The molecule has 0 saturated heterocycles. The van der Waals surface area contributed by atoms with E-state index in [-0.39, 0.29) is 0 Å². The van der Waals surface area contributed by atoms with Crippen LogP contribution in [0.15, 0.2) is 73.1 Å². The molecule has 1 heterocycles. The average Bonchev–Trinajstić information content (AvgIpc) is 3.05. The molecule has 2 aromatic carbocycles. The van der Waals surface area contributed by atoms with Crippen molar-refractivity contribution in [2.75, 3.05) is 0 Å². The second-order valence-electron chi connectivity index (χ2n) is 8.07. The third kappa shape index (κ3) is 5.82. The zero-order valence-corrected chi connectivity index (χ0v) is 18.3. The summed E-state index contributed by atoms with van der Waals surface area (Å²) in [7, 11) is 0. The lowest BCUT2D eigenvalue weighted by molar-refractivity contribution is 0.537. The van der Waals surface area contributed by atoms with Crippen molar-refractivity contribution in [2.45, 2.75) is 44.7 Å². The summed E-state index contributed by atoms with van der Waals surface area (Å²) in [6.07, 6.45) is 11.7. The summed E-state index contributed by atoms with van der Waals surface area (Å²) in [5, 5.41) is 13.5. The van der Waals surface area contributed by atoms with Crippen LogP contribution in [0.5, 0.6) is 0 Å². The predicted molar refractivity (Wildman–Crippen MR) is 127 cm³/mol. The third-order valence-corrected chi connectivity index (χ3v) is 6.08. The highest BCUT2D eigenvalue weighted by Crippen LogP contribution is 2.28. The Hall–Kier alpha value is -2.93. The van der Waals surface area contributed by atoms with Gasteiger partial charge in [-0.3, -0.25) is 4.98 Å². The highest BCUT2D eigenvalue weighted by Gasteiger charge is 2.14. The lowest BCUT2D eigenvalue weighted by Gasteiger charge is -2.16. The summed E-state index contributed by atoms with van der Waals surface area (Å²) in [6.45, 7) is 0.781. The number of allylic oxidation sites excluding steroid dienone is 1. The van der Waals surface area contributed by atoms with Crippen molar-refractivity contribution in [1.82, 2.24) is 10.3 Å². The minimum Gasteiger partial charge on any atom is -0.306 e. The Morgan fingerprint density at radius 1 is 1.06 bits per heavy atom. The van der Waals surface area contributed by atoms with Crippen molar-refractivity contribution in [3.63, 3.8) is 0 Å². The summed E-state index contributed by atoms with van der Waals surface area (Å²) in [5.41, 5.74) is 6.97. The van der Waals surface area contributed by atoms with Crippen LogP contribution in [0, 0.1) is 11.3 Å². The van der Waals surface area contributed by atoms with E-state index < -0.39 is 0 Å². The average molecular weight is 428 g/mol. The maximum absolute atomic E-state index is 9.00. The molecule has 4 rings (SSSR count). The molecule has 1 unspecified atom stereocenters. The molecule has 1 aliphatic carbocycles. The molecule has 0 spiro atoms. The van der Waals surface area contributed by atoms with Crippen molar-refractivity contribution < 1.29 is 0 Å². The van der Waals surface area contributed by atoms with E-state index >= 15 is 0 Å². The van der Waals surface area contributed by atoms with Gasteiger partial charge in [-0.05, 0) is 83.8 Å². The molecule has 0 saturated carbocycles. The molecular formula is C27H26ClN3. The van der Waals surface area contributed by atoms with Crippen LogP contribution in [0.1, 0.15) is 53.5 Å². The van der Waals surface area contributed by atoms with Crippen LogP contribution in [0.3, 0.4) is 0 Å². The molecule has 4 heteroatoms. The molecule has 0 fully saturated rings. The second-order valence-corrected chi connectivity index (χ2v) is 8.50. The lowest BCUT2D eigenvalue weighted by Crippen LogP contribution is -2.27. The quantitative estimate of drug-likeness (QED) is 0.501. The van der Waals surface area contributed by atoms with Gasteiger partial charge >= 0.3 is 0 Å². The molecule has 0 aliphatic heterocycles. The van der Waals surface area contributed by atoms with Gasteiger partial charge in [0.1, 0.15) is 0 Å². The van der Waals surface area contributed by atoms with Gasteiger partial charge in [0, 0.05) is 30.0 Å². The van der Waals surface area contributed by atoms with E-state index in [1.165, 1.54) is 40.7 Å². The first kappa shape index (κ1) is 21.3. The number of nitriles is 1. The Labute approximate surface area is 189 Å². The summed E-state index contributed by atoms with van der Waals surface area (Å²) >= 11 is 6.22. The topological polar surface area (TPSA) is 48.7 Å². The minimum absolute atomic E-state index is 0.333. The molecule has 3 aromatic rings. The van der Waals surface area contributed by atoms with E-state index in [0.29, 0.717) is 11.6 Å². The molecule has 31 heavy (non-hydrogen) atoms. The first-order valence-corrected chi connectivity index (χ1v) is 11.2. The lowest BCUT2D eigenvalue weighted by atomic mass is 10.00. The Kier molecular flexibility index (Phi) is 7.14. The standard InChI is InChI=1S/C27H26ClN3/c28-26-6-3-5-22(15-26)23-4-1-2-7-27(16-23)31-19-25-18-30-13-12-24(25)14-20-8-10-21(17-29)11-9-20/h3,5-6,8-13,15-16,18,27,31H,1-2,4,7,14,19H2. The largest absolute Gasteiger partial charge is 0.306 e.